The van der Waals surface area contributed by atoms with E-state index in [1.807, 2.05) is 36.4 Å². The molecule has 2 aliphatic rings. The van der Waals surface area contributed by atoms with Crippen LogP contribution in [0.2, 0.25) is 5.02 Å². The minimum atomic E-state index is -3.89. The Labute approximate surface area is 219 Å². The van der Waals surface area contributed by atoms with Crippen molar-refractivity contribution in [3.05, 3.63) is 77.3 Å². The fourth-order valence-electron chi connectivity index (χ4n) is 4.49. The minimum Gasteiger partial charge on any atom is -0.454 e. The van der Waals surface area contributed by atoms with Crippen molar-refractivity contribution in [2.45, 2.75) is 11.4 Å². The van der Waals surface area contributed by atoms with E-state index in [0.717, 1.165) is 36.7 Å². The molecule has 0 saturated carbocycles. The van der Waals surface area contributed by atoms with Gasteiger partial charge in [-0.25, -0.2) is 18.4 Å². The van der Waals surface area contributed by atoms with Gasteiger partial charge in [-0.05, 0) is 54.1 Å². The van der Waals surface area contributed by atoms with E-state index in [0.29, 0.717) is 35.0 Å². The zero-order valence-electron chi connectivity index (χ0n) is 19.8. The number of aromatic nitrogens is 2. The molecule has 0 spiro atoms. The van der Waals surface area contributed by atoms with Crippen molar-refractivity contribution in [1.82, 2.24) is 14.9 Å². The first-order valence-corrected chi connectivity index (χ1v) is 13.7. The topological polar surface area (TPSA) is 96.9 Å². The minimum absolute atomic E-state index is 0.103. The van der Waals surface area contributed by atoms with Crippen molar-refractivity contribution in [2.24, 2.45) is 0 Å². The SMILES string of the molecule is O=S(=O)(Nc1nc2ccccc2nc1N1CCN(Cc2ccc3c(c2)OCO3)CC1)c1ccc(Cl)cc1. The first-order chi connectivity index (χ1) is 17.9. The molecule has 6 rings (SSSR count). The van der Waals surface area contributed by atoms with Crippen LogP contribution in [0.1, 0.15) is 5.56 Å². The molecule has 37 heavy (non-hydrogen) atoms. The number of ether oxygens (including phenoxy) is 2. The number of hydrogen-bond donors (Lipinski definition) is 1. The lowest BCUT2D eigenvalue weighted by Gasteiger charge is -2.36. The molecule has 0 atom stereocenters. The molecule has 2 aliphatic heterocycles. The van der Waals surface area contributed by atoms with Gasteiger partial charge in [0, 0.05) is 37.7 Å². The molecule has 3 aromatic carbocycles. The van der Waals surface area contributed by atoms with Crippen molar-refractivity contribution >= 4 is 44.3 Å². The lowest BCUT2D eigenvalue weighted by molar-refractivity contribution is 0.174. The molecule has 1 fully saturated rings. The van der Waals surface area contributed by atoms with Crippen molar-refractivity contribution in [1.29, 1.82) is 0 Å². The Balaban J connectivity index is 1.23. The molecular weight excluding hydrogens is 514 g/mol. The van der Waals surface area contributed by atoms with Gasteiger partial charge in [0.2, 0.25) is 6.79 Å². The zero-order chi connectivity index (χ0) is 25.4. The normalized spacial score (nSPS) is 15.8. The Morgan fingerprint density at radius 2 is 1.57 bits per heavy atom. The Hall–Kier alpha value is -3.60. The van der Waals surface area contributed by atoms with Crippen LogP contribution in [-0.2, 0) is 16.6 Å². The van der Waals surface area contributed by atoms with Crippen LogP contribution < -0.4 is 19.1 Å². The predicted octanol–water partition coefficient (Wildman–Crippen LogP) is 4.13. The molecule has 1 saturated heterocycles. The number of nitrogens with one attached hydrogen (secondary N) is 1. The fourth-order valence-corrected chi connectivity index (χ4v) is 5.62. The summed E-state index contributed by atoms with van der Waals surface area (Å²) in [6, 6.07) is 19.5. The molecule has 4 aromatic rings. The molecule has 3 heterocycles. The molecule has 11 heteroatoms. The summed E-state index contributed by atoms with van der Waals surface area (Å²) in [6.45, 7) is 3.96. The first kappa shape index (κ1) is 23.8. The van der Waals surface area contributed by atoms with Gasteiger partial charge in [-0.3, -0.25) is 9.62 Å². The molecular formula is C26H24ClN5O4S. The van der Waals surface area contributed by atoms with Crippen LogP contribution in [0.25, 0.3) is 11.0 Å². The van der Waals surface area contributed by atoms with Crippen LogP contribution >= 0.6 is 11.6 Å². The molecule has 0 unspecified atom stereocenters. The Bertz CT molecular complexity index is 1560. The number of nitrogens with zero attached hydrogens (tertiary/aromatic N) is 4. The van der Waals surface area contributed by atoms with Gasteiger partial charge < -0.3 is 14.4 Å². The first-order valence-electron chi connectivity index (χ1n) is 11.9. The van der Waals surface area contributed by atoms with E-state index >= 15 is 0 Å². The van der Waals surface area contributed by atoms with Crippen LogP contribution in [0.15, 0.2) is 71.6 Å². The van der Waals surface area contributed by atoms with Gasteiger partial charge in [-0.1, -0.05) is 29.8 Å². The third-order valence-electron chi connectivity index (χ3n) is 6.42. The van der Waals surface area contributed by atoms with Gasteiger partial charge in [-0.15, -0.1) is 0 Å². The monoisotopic (exact) mass is 537 g/mol. The summed E-state index contributed by atoms with van der Waals surface area (Å²) in [5, 5.41) is 0.462. The maximum Gasteiger partial charge on any atom is 0.263 e. The standard InChI is InChI=1S/C26H24ClN5O4S/c27-19-6-8-20(9-7-19)37(33,34)30-25-26(29-22-4-2-1-3-21(22)28-25)32-13-11-31(12-14-32)16-18-5-10-23-24(15-18)36-17-35-23/h1-10,15H,11-14,16-17H2,(H,28,30). The molecule has 0 radical (unpaired) electrons. The molecule has 0 amide bonds. The van der Waals surface area contributed by atoms with Crippen molar-refractivity contribution in [3.63, 3.8) is 0 Å². The van der Waals surface area contributed by atoms with Crippen LogP contribution in [-0.4, -0.2) is 56.3 Å². The third kappa shape index (κ3) is 5.00. The van der Waals surface area contributed by atoms with Crippen molar-refractivity contribution < 1.29 is 17.9 Å². The Morgan fingerprint density at radius 1 is 0.865 bits per heavy atom. The number of para-hydroxylation sites is 2. The van der Waals surface area contributed by atoms with E-state index in [9.17, 15) is 8.42 Å². The fraction of sp³-hybridized carbons (Fsp3) is 0.231. The van der Waals surface area contributed by atoms with Gasteiger partial charge in [-0.2, -0.15) is 0 Å². The zero-order valence-corrected chi connectivity index (χ0v) is 21.4. The number of anilines is 2. The molecule has 1 N–H and O–H groups in total. The van der Waals surface area contributed by atoms with Crippen molar-refractivity contribution in [2.75, 3.05) is 42.6 Å². The second-order valence-electron chi connectivity index (χ2n) is 8.89. The highest BCUT2D eigenvalue weighted by Gasteiger charge is 2.25. The average Bonchev–Trinajstić information content (AvgIpc) is 3.37. The summed E-state index contributed by atoms with van der Waals surface area (Å²) < 4.78 is 39.9. The largest absolute Gasteiger partial charge is 0.454 e. The molecule has 0 aliphatic carbocycles. The summed E-state index contributed by atoms with van der Waals surface area (Å²) in [4.78, 5) is 14.0. The number of rotatable bonds is 6. The number of piperazine rings is 1. The number of sulfonamides is 1. The molecule has 9 nitrogen and oxygen atoms in total. The van der Waals surface area contributed by atoms with Crippen LogP contribution in [0, 0.1) is 0 Å². The average molecular weight is 538 g/mol. The second kappa shape index (κ2) is 9.70. The third-order valence-corrected chi connectivity index (χ3v) is 8.03. The van der Waals surface area contributed by atoms with Gasteiger partial charge >= 0.3 is 0 Å². The summed E-state index contributed by atoms with van der Waals surface area (Å²) in [6.07, 6.45) is 0. The lowest BCUT2D eigenvalue weighted by Crippen LogP contribution is -2.46. The van der Waals surface area contributed by atoms with E-state index in [1.165, 1.54) is 12.1 Å². The molecule has 0 bridgehead atoms. The Kier molecular flexibility index (Phi) is 6.23. The van der Waals surface area contributed by atoms with Crippen molar-refractivity contribution in [3.8, 4) is 11.5 Å². The maximum absolute atomic E-state index is 13.2. The smallest absolute Gasteiger partial charge is 0.263 e. The Morgan fingerprint density at radius 3 is 2.32 bits per heavy atom. The molecule has 190 valence electrons. The highest BCUT2D eigenvalue weighted by molar-refractivity contribution is 7.92. The number of hydrogen-bond acceptors (Lipinski definition) is 8. The number of fused-ring (bicyclic) bond motifs is 2. The highest BCUT2D eigenvalue weighted by Crippen LogP contribution is 2.33. The number of benzene rings is 3. The van der Waals surface area contributed by atoms with Crippen LogP contribution in [0.4, 0.5) is 11.6 Å². The summed E-state index contributed by atoms with van der Waals surface area (Å²) in [5.41, 5.74) is 2.47. The van der Waals surface area contributed by atoms with Gasteiger partial charge in [0.25, 0.3) is 10.0 Å². The lowest BCUT2D eigenvalue weighted by atomic mass is 10.1. The molecule has 1 aromatic heterocycles. The summed E-state index contributed by atoms with van der Waals surface area (Å²) in [5.74, 6) is 2.27. The maximum atomic E-state index is 13.2. The van der Waals surface area contributed by atoms with Crippen LogP contribution in [0.3, 0.4) is 0 Å². The quantitative estimate of drug-likeness (QED) is 0.392. The summed E-state index contributed by atoms with van der Waals surface area (Å²) >= 11 is 5.94. The number of halogens is 1. The van der Waals surface area contributed by atoms with E-state index in [-0.39, 0.29) is 17.5 Å². The second-order valence-corrected chi connectivity index (χ2v) is 11.0. The van der Waals surface area contributed by atoms with Gasteiger partial charge in [0.15, 0.2) is 23.1 Å². The van der Waals surface area contributed by atoms with E-state index < -0.39 is 10.0 Å². The van der Waals surface area contributed by atoms with E-state index in [4.69, 9.17) is 26.1 Å². The predicted molar refractivity (Wildman–Crippen MR) is 142 cm³/mol. The van der Waals surface area contributed by atoms with Crippen LogP contribution in [0.5, 0.6) is 11.5 Å². The summed E-state index contributed by atoms with van der Waals surface area (Å²) in [7, 11) is -3.89. The van der Waals surface area contributed by atoms with Gasteiger partial charge in [0.05, 0.1) is 15.9 Å². The van der Waals surface area contributed by atoms with E-state index in [2.05, 4.69) is 25.6 Å². The highest BCUT2D eigenvalue weighted by atomic mass is 35.5. The van der Waals surface area contributed by atoms with Gasteiger partial charge in [0.1, 0.15) is 0 Å². The van der Waals surface area contributed by atoms with E-state index in [1.54, 1.807) is 12.1 Å².